The molecular weight excluding hydrogens is 238 g/mol. The number of ether oxygens (including phenoxy) is 1. The van der Waals surface area contributed by atoms with Gasteiger partial charge in [0.1, 0.15) is 5.54 Å². The number of nitriles is 1. The van der Waals surface area contributed by atoms with E-state index >= 15 is 0 Å². The normalized spacial score (nSPS) is 23.3. The first-order chi connectivity index (χ1) is 8.95. The molecule has 1 aliphatic heterocycles. The fraction of sp³-hybridized carbons (Fsp3) is 0.933. The number of nitrogens with one attached hydrogen (secondary N) is 1. The summed E-state index contributed by atoms with van der Waals surface area (Å²) >= 11 is 0. The van der Waals surface area contributed by atoms with Gasteiger partial charge in [-0.25, -0.2) is 0 Å². The standard InChI is InChI=1S/C15H29N3O/c1-13(2)17-15(3,12-16)8-9-18(4)11-14-7-5-6-10-19-14/h13-14,17H,5-11H2,1-4H3. The predicted octanol–water partition coefficient (Wildman–Crippen LogP) is 2.16. The van der Waals surface area contributed by atoms with Gasteiger partial charge in [0.2, 0.25) is 0 Å². The first-order valence-corrected chi connectivity index (χ1v) is 7.44. The third-order valence-corrected chi connectivity index (χ3v) is 3.64. The predicted molar refractivity (Wildman–Crippen MR) is 78.0 cm³/mol. The molecule has 0 aromatic heterocycles. The van der Waals surface area contributed by atoms with Crippen LogP contribution in [0.3, 0.4) is 0 Å². The molecule has 1 aliphatic rings. The largest absolute Gasteiger partial charge is 0.377 e. The van der Waals surface area contributed by atoms with Gasteiger partial charge in [-0.15, -0.1) is 0 Å². The summed E-state index contributed by atoms with van der Waals surface area (Å²) in [4.78, 5) is 2.29. The summed E-state index contributed by atoms with van der Waals surface area (Å²) in [5.41, 5.74) is -0.435. The Balaban J connectivity index is 2.31. The molecule has 2 unspecified atom stereocenters. The van der Waals surface area contributed by atoms with Gasteiger partial charge in [-0.05, 0) is 53.5 Å². The number of rotatable bonds is 7. The summed E-state index contributed by atoms with van der Waals surface area (Å²) in [7, 11) is 2.12. The van der Waals surface area contributed by atoms with Crippen LogP contribution in [0.2, 0.25) is 0 Å². The van der Waals surface area contributed by atoms with Crippen LogP contribution in [0, 0.1) is 11.3 Å². The molecule has 0 amide bonds. The SMILES string of the molecule is CC(C)NC(C)(C#N)CCN(C)CC1CCCCO1. The van der Waals surface area contributed by atoms with E-state index in [0.29, 0.717) is 12.1 Å². The van der Waals surface area contributed by atoms with E-state index in [1.54, 1.807) is 0 Å². The fourth-order valence-corrected chi connectivity index (χ4v) is 2.60. The van der Waals surface area contributed by atoms with E-state index in [0.717, 1.165) is 26.1 Å². The van der Waals surface area contributed by atoms with E-state index in [1.807, 2.05) is 6.92 Å². The van der Waals surface area contributed by atoms with Gasteiger partial charge in [0.15, 0.2) is 0 Å². The molecule has 0 aromatic rings. The second-order valence-electron chi connectivity index (χ2n) is 6.24. The monoisotopic (exact) mass is 267 g/mol. The molecule has 0 saturated carbocycles. The number of nitrogens with zero attached hydrogens (tertiary/aromatic N) is 2. The van der Waals surface area contributed by atoms with Crippen LogP contribution in [0.1, 0.15) is 46.5 Å². The topological polar surface area (TPSA) is 48.3 Å². The molecule has 0 aromatic carbocycles. The Labute approximate surface area is 118 Å². The van der Waals surface area contributed by atoms with Crippen LogP contribution in [0.4, 0.5) is 0 Å². The summed E-state index contributed by atoms with van der Waals surface area (Å²) in [6, 6.07) is 2.73. The molecule has 0 bridgehead atoms. The van der Waals surface area contributed by atoms with Gasteiger partial charge in [-0.2, -0.15) is 5.26 Å². The molecule has 2 atom stereocenters. The van der Waals surface area contributed by atoms with E-state index in [2.05, 4.69) is 37.2 Å². The maximum atomic E-state index is 9.31. The Hall–Kier alpha value is -0.630. The van der Waals surface area contributed by atoms with Crippen molar-refractivity contribution in [3.63, 3.8) is 0 Å². The van der Waals surface area contributed by atoms with E-state index in [4.69, 9.17) is 4.74 Å². The minimum Gasteiger partial charge on any atom is -0.377 e. The Morgan fingerprint density at radius 3 is 2.74 bits per heavy atom. The highest BCUT2D eigenvalue weighted by Crippen LogP contribution is 2.15. The van der Waals surface area contributed by atoms with Crippen molar-refractivity contribution >= 4 is 0 Å². The van der Waals surface area contributed by atoms with Crippen LogP contribution < -0.4 is 5.32 Å². The van der Waals surface area contributed by atoms with E-state index in [1.165, 1.54) is 19.3 Å². The zero-order valence-corrected chi connectivity index (χ0v) is 12.9. The average molecular weight is 267 g/mol. The Morgan fingerprint density at radius 2 is 2.21 bits per heavy atom. The Kier molecular flexibility index (Phi) is 6.78. The van der Waals surface area contributed by atoms with Crippen LogP contribution in [0.25, 0.3) is 0 Å². The lowest BCUT2D eigenvalue weighted by Crippen LogP contribution is -2.47. The molecule has 0 radical (unpaired) electrons. The molecule has 110 valence electrons. The molecule has 1 heterocycles. The second kappa shape index (κ2) is 7.84. The van der Waals surface area contributed by atoms with Gasteiger partial charge >= 0.3 is 0 Å². The molecule has 4 heteroatoms. The van der Waals surface area contributed by atoms with E-state index in [-0.39, 0.29) is 0 Å². The van der Waals surface area contributed by atoms with Gasteiger partial charge in [0, 0.05) is 25.7 Å². The maximum Gasteiger partial charge on any atom is 0.105 e. The molecule has 1 N–H and O–H groups in total. The van der Waals surface area contributed by atoms with Crippen molar-refractivity contribution in [2.75, 3.05) is 26.7 Å². The van der Waals surface area contributed by atoms with Gasteiger partial charge < -0.3 is 9.64 Å². The summed E-state index contributed by atoms with van der Waals surface area (Å²) in [6.45, 7) is 8.94. The highest BCUT2D eigenvalue weighted by molar-refractivity contribution is 5.04. The van der Waals surface area contributed by atoms with Crippen molar-refractivity contribution in [1.82, 2.24) is 10.2 Å². The Morgan fingerprint density at radius 1 is 1.47 bits per heavy atom. The zero-order valence-electron chi connectivity index (χ0n) is 12.9. The zero-order chi connectivity index (χ0) is 14.3. The van der Waals surface area contributed by atoms with Crippen molar-refractivity contribution in [1.29, 1.82) is 5.26 Å². The van der Waals surface area contributed by atoms with Crippen molar-refractivity contribution in [2.24, 2.45) is 0 Å². The lowest BCUT2D eigenvalue weighted by atomic mass is 9.98. The average Bonchev–Trinajstić information content (AvgIpc) is 2.37. The highest BCUT2D eigenvalue weighted by Gasteiger charge is 2.25. The molecular formula is C15H29N3O. The highest BCUT2D eigenvalue weighted by atomic mass is 16.5. The summed E-state index contributed by atoms with van der Waals surface area (Å²) in [5.74, 6) is 0. The van der Waals surface area contributed by atoms with Crippen LogP contribution in [-0.2, 0) is 4.74 Å². The number of hydrogen-bond donors (Lipinski definition) is 1. The van der Waals surface area contributed by atoms with Crippen LogP contribution in [0.15, 0.2) is 0 Å². The molecule has 1 fully saturated rings. The fourth-order valence-electron chi connectivity index (χ4n) is 2.60. The molecule has 1 saturated heterocycles. The molecule has 0 aliphatic carbocycles. The lowest BCUT2D eigenvalue weighted by molar-refractivity contribution is -0.00216. The van der Waals surface area contributed by atoms with Crippen LogP contribution in [0.5, 0.6) is 0 Å². The summed E-state index contributed by atoms with van der Waals surface area (Å²) in [6.07, 6.45) is 4.87. The number of hydrogen-bond acceptors (Lipinski definition) is 4. The van der Waals surface area contributed by atoms with Gasteiger partial charge in [0.05, 0.1) is 12.2 Å². The first kappa shape index (κ1) is 16.4. The van der Waals surface area contributed by atoms with Crippen molar-refractivity contribution in [3.05, 3.63) is 0 Å². The molecule has 1 rings (SSSR count). The van der Waals surface area contributed by atoms with E-state index in [9.17, 15) is 5.26 Å². The molecule has 0 spiro atoms. The van der Waals surface area contributed by atoms with Crippen LogP contribution in [-0.4, -0.2) is 49.3 Å². The third kappa shape index (κ3) is 6.38. The Bertz CT molecular complexity index is 294. The maximum absolute atomic E-state index is 9.31. The lowest BCUT2D eigenvalue weighted by Gasteiger charge is -2.31. The smallest absolute Gasteiger partial charge is 0.105 e. The van der Waals surface area contributed by atoms with Gasteiger partial charge in [-0.3, -0.25) is 5.32 Å². The molecule has 19 heavy (non-hydrogen) atoms. The molecule has 4 nitrogen and oxygen atoms in total. The minimum atomic E-state index is -0.435. The summed E-state index contributed by atoms with van der Waals surface area (Å²) < 4.78 is 5.75. The third-order valence-electron chi connectivity index (χ3n) is 3.64. The van der Waals surface area contributed by atoms with Crippen molar-refractivity contribution in [2.45, 2.75) is 64.1 Å². The van der Waals surface area contributed by atoms with E-state index < -0.39 is 5.54 Å². The second-order valence-corrected chi connectivity index (χ2v) is 6.24. The number of likely N-dealkylation sites (N-methyl/N-ethyl adjacent to an activating group) is 1. The van der Waals surface area contributed by atoms with Crippen molar-refractivity contribution in [3.8, 4) is 6.07 Å². The van der Waals surface area contributed by atoms with Crippen molar-refractivity contribution < 1.29 is 4.74 Å². The quantitative estimate of drug-likeness (QED) is 0.768. The van der Waals surface area contributed by atoms with Gasteiger partial charge in [0.25, 0.3) is 0 Å². The first-order valence-electron chi connectivity index (χ1n) is 7.44. The minimum absolute atomic E-state index is 0.330. The summed E-state index contributed by atoms with van der Waals surface area (Å²) in [5, 5.41) is 12.7. The van der Waals surface area contributed by atoms with Crippen LogP contribution >= 0.6 is 0 Å². The van der Waals surface area contributed by atoms with Gasteiger partial charge in [-0.1, -0.05) is 0 Å².